The molecule has 2 aromatic carbocycles. The molecule has 2 aromatic rings. The normalized spacial score (nSPS) is 16.9. The molecular formula is C17H10Br2O2. The van der Waals surface area contributed by atoms with E-state index in [-0.39, 0.29) is 0 Å². The van der Waals surface area contributed by atoms with Crippen LogP contribution in [0.25, 0.3) is 12.2 Å². The molecule has 0 bridgehead atoms. The monoisotopic (exact) mass is 404 g/mol. The lowest BCUT2D eigenvalue weighted by Crippen LogP contribution is -2.41. The summed E-state index contributed by atoms with van der Waals surface area (Å²) in [6.45, 7) is 0. The Hall–Kier alpha value is -1.52. The maximum atomic E-state index is 6.07. The summed E-state index contributed by atoms with van der Waals surface area (Å²) in [5.74, 6) is 0.763. The zero-order valence-corrected chi connectivity index (χ0v) is 14.0. The van der Waals surface area contributed by atoms with Gasteiger partial charge in [-0.25, -0.2) is 0 Å². The molecule has 4 rings (SSSR count). The van der Waals surface area contributed by atoms with Crippen molar-refractivity contribution in [3.05, 3.63) is 68.6 Å². The smallest absolute Gasteiger partial charge is 0.291 e. The second-order valence-corrected chi connectivity index (χ2v) is 6.79. The molecule has 0 saturated carbocycles. The van der Waals surface area contributed by atoms with Gasteiger partial charge in [0.1, 0.15) is 11.5 Å². The lowest BCUT2D eigenvalue weighted by atomic mass is 10.0. The Kier molecular flexibility index (Phi) is 2.98. The van der Waals surface area contributed by atoms with E-state index >= 15 is 0 Å². The summed E-state index contributed by atoms with van der Waals surface area (Å²) >= 11 is 6.93. The molecule has 0 fully saturated rings. The van der Waals surface area contributed by atoms with Crippen LogP contribution in [-0.4, -0.2) is 5.79 Å². The quantitative estimate of drug-likeness (QED) is 0.582. The average Bonchev–Trinajstić information content (AvgIpc) is 2.48. The van der Waals surface area contributed by atoms with Gasteiger partial charge in [-0.1, -0.05) is 31.9 Å². The summed E-state index contributed by atoms with van der Waals surface area (Å²) in [7, 11) is 0. The van der Waals surface area contributed by atoms with E-state index in [0.717, 1.165) is 31.6 Å². The van der Waals surface area contributed by atoms with Crippen molar-refractivity contribution in [2.24, 2.45) is 0 Å². The second kappa shape index (κ2) is 4.75. The SMILES string of the molecule is Brc1ccc2c(c1)C=CC1(C=Cc3cc(Br)ccc3O1)O2. The van der Waals surface area contributed by atoms with Gasteiger partial charge in [0.25, 0.3) is 5.79 Å². The third-order valence-electron chi connectivity index (χ3n) is 3.47. The minimum Gasteiger partial charge on any atom is -0.445 e. The first-order valence-corrected chi connectivity index (χ1v) is 8.08. The van der Waals surface area contributed by atoms with Crippen LogP contribution in [0.15, 0.2) is 57.5 Å². The van der Waals surface area contributed by atoms with Crippen molar-refractivity contribution in [1.29, 1.82) is 0 Å². The van der Waals surface area contributed by atoms with Crippen molar-refractivity contribution in [2.75, 3.05) is 0 Å². The first-order valence-electron chi connectivity index (χ1n) is 6.49. The minimum absolute atomic E-state index is 0.811. The second-order valence-electron chi connectivity index (χ2n) is 4.96. The Morgan fingerprint density at radius 3 is 1.67 bits per heavy atom. The van der Waals surface area contributed by atoms with Crippen LogP contribution in [0.5, 0.6) is 11.5 Å². The molecule has 4 heteroatoms. The highest BCUT2D eigenvalue weighted by atomic mass is 79.9. The summed E-state index contributed by atoms with van der Waals surface area (Å²) in [4.78, 5) is 0. The molecule has 0 aliphatic carbocycles. The molecule has 0 amide bonds. The Morgan fingerprint density at radius 1 is 0.714 bits per heavy atom. The van der Waals surface area contributed by atoms with Crippen LogP contribution in [0.1, 0.15) is 11.1 Å². The lowest BCUT2D eigenvalue weighted by molar-refractivity contribution is -0.0307. The third-order valence-corrected chi connectivity index (χ3v) is 4.46. The first-order chi connectivity index (χ1) is 10.1. The van der Waals surface area contributed by atoms with Crippen molar-refractivity contribution in [1.82, 2.24) is 0 Å². The van der Waals surface area contributed by atoms with E-state index in [9.17, 15) is 0 Å². The van der Waals surface area contributed by atoms with Gasteiger partial charge in [-0.2, -0.15) is 0 Å². The van der Waals surface area contributed by atoms with Crippen LogP contribution in [0.3, 0.4) is 0 Å². The van der Waals surface area contributed by atoms with Gasteiger partial charge in [-0.15, -0.1) is 0 Å². The van der Waals surface area contributed by atoms with Crippen molar-refractivity contribution < 1.29 is 9.47 Å². The van der Waals surface area contributed by atoms with Crippen molar-refractivity contribution >= 4 is 44.0 Å². The molecule has 0 N–H and O–H groups in total. The van der Waals surface area contributed by atoms with E-state index in [1.807, 2.05) is 60.7 Å². The van der Waals surface area contributed by atoms with Gasteiger partial charge >= 0.3 is 0 Å². The van der Waals surface area contributed by atoms with E-state index in [1.54, 1.807) is 0 Å². The highest BCUT2D eigenvalue weighted by Gasteiger charge is 2.35. The van der Waals surface area contributed by atoms with Crippen molar-refractivity contribution in [3.8, 4) is 11.5 Å². The van der Waals surface area contributed by atoms with Gasteiger partial charge in [0.05, 0.1) is 0 Å². The van der Waals surface area contributed by atoms with Crippen LogP contribution in [-0.2, 0) is 0 Å². The first kappa shape index (κ1) is 13.2. The Bertz CT molecular complexity index is 726. The fourth-order valence-corrected chi connectivity index (χ4v) is 3.21. The molecule has 2 aliphatic rings. The maximum absolute atomic E-state index is 6.07. The van der Waals surface area contributed by atoms with Gasteiger partial charge in [0.2, 0.25) is 0 Å². The topological polar surface area (TPSA) is 18.5 Å². The van der Waals surface area contributed by atoms with E-state index < -0.39 is 5.79 Å². The van der Waals surface area contributed by atoms with Crippen LogP contribution in [0.4, 0.5) is 0 Å². The van der Waals surface area contributed by atoms with Gasteiger partial charge in [0, 0.05) is 32.2 Å². The average molecular weight is 406 g/mol. The number of halogens is 2. The fraction of sp³-hybridized carbons (Fsp3) is 0.0588. The minimum atomic E-state index is -0.859. The van der Waals surface area contributed by atoms with Crippen LogP contribution >= 0.6 is 31.9 Å². The van der Waals surface area contributed by atoms with Gasteiger partial charge in [0.15, 0.2) is 0 Å². The molecule has 0 atom stereocenters. The zero-order valence-electron chi connectivity index (χ0n) is 10.8. The number of fused-ring (bicyclic) bond motifs is 2. The summed E-state index contributed by atoms with van der Waals surface area (Å²) in [6, 6.07) is 11.9. The Morgan fingerprint density at radius 2 is 1.19 bits per heavy atom. The number of rotatable bonds is 0. The molecule has 2 nitrogen and oxygen atoms in total. The summed E-state index contributed by atoms with van der Waals surface area (Å²) < 4.78 is 14.2. The Labute approximate surface area is 139 Å². The molecule has 104 valence electrons. The van der Waals surface area contributed by atoms with Gasteiger partial charge in [-0.3, -0.25) is 0 Å². The molecule has 21 heavy (non-hydrogen) atoms. The largest absolute Gasteiger partial charge is 0.445 e. The zero-order chi connectivity index (χ0) is 14.4. The molecule has 1 spiro atoms. The molecule has 0 saturated heterocycles. The van der Waals surface area contributed by atoms with Crippen LogP contribution in [0, 0.1) is 0 Å². The predicted molar refractivity (Wildman–Crippen MR) is 90.3 cm³/mol. The third kappa shape index (κ3) is 2.32. The van der Waals surface area contributed by atoms with E-state index in [2.05, 4.69) is 31.9 Å². The van der Waals surface area contributed by atoms with Crippen LogP contribution < -0.4 is 9.47 Å². The molecule has 0 radical (unpaired) electrons. The number of benzene rings is 2. The lowest BCUT2D eigenvalue weighted by Gasteiger charge is -2.35. The van der Waals surface area contributed by atoms with Crippen LogP contribution in [0.2, 0.25) is 0 Å². The van der Waals surface area contributed by atoms with E-state index in [0.29, 0.717) is 0 Å². The van der Waals surface area contributed by atoms with E-state index in [4.69, 9.17) is 9.47 Å². The van der Waals surface area contributed by atoms with E-state index in [1.165, 1.54) is 0 Å². The molecule has 0 unspecified atom stereocenters. The maximum Gasteiger partial charge on any atom is 0.291 e. The fourth-order valence-electron chi connectivity index (χ4n) is 2.45. The van der Waals surface area contributed by atoms with Gasteiger partial charge < -0.3 is 9.47 Å². The molecule has 0 aromatic heterocycles. The highest BCUT2D eigenvalue weighted by molar-refractivity contribution is 9.10. The Balaban J connectivity index is 1.73. The number of hydrogen-bond donors (Lipinski definition) is 0. The van der Waals surface area contributed by atoms with Gasteiger partial charge in [-0.05, 0) is 48.6 Å². The summed E-state index contributed by atoms with van der Waals surface area (Å²) in [5, 5.41) is 0. The molecular weight excluding hydrogens is 396 g/mol. The molecule has 2 heterocycles. The predicted octanol–water partition coefficient (Wildman–Crippen LogP) is 5.42. The molecule has 2 aliphatic heterocycles. The summed E-state index contributed by atoms with van der Waals surface area (Å²) in [5.41, 5.74) is 2.07. The van der Waals surface area contributed by atoms with Crippen molar-refractivity contribution in [3.63, 3.8) is 0 Å². The van der Waals surface area contributed by atoms with Crippen molar-refractivity contribution in [2.45, 2.75) is 5.79 Å². The highest BCUT2D eigenvalue weighted by Crippen LogP contribution is 2.39. The standard InChI is InChI=1S/C17H10Br2O2/c18-13-1-3-15-11(9-13)5-7-17(20-15)8-6-12-10-14(19)2-4-16(12)21-17/h1-10H. The number of ether oxygens (including phenoxy) is 2. The number of hydrogen-bond acceptors (Lipinski definition) is 2. The summed E-state index contributed by atoms with van der Waals surface area (Å²) in [6.07, 6.45) is 7.92.